The summed E-state index contributed by atoms with van der Waals surface area (Å²) in [5, 5.41) is 0. The van der Waals surface area contributed by atoms with Crippen molar-refractivity contribution in [3.63, 3.8) is 0 Å². The molecular weight excluding hydrogens is 274 g/mol. The Kier molecular flexibility index (Phi) is 5.93. The van der Waals surface area contributed by atoms with Gasteiger partial charge in [-0.15, -0.1) is 0 Å². The second kappa shape index (κ2) is 7.33. The summed E-state index contributed by atoms with van der Waals surface area (Å²) in [4.78, 5) is 12.5. The van der Waals surface area contributed by atoms with Crippen LogP contribution in [0.15, 0.2) is 0 Å². The Morgan fingerprint density at radius 3 is 2.00 bits per heavy atom. The number of esters is 1. The van der Waals surface area contributed by atoms with Crippen molar-refractivity contribution in [1.82, 2.24) is 0 Å². The maximum atomic E-state index is 12.5. The number of quaternary nitrogens is 1. The average Bonchev–Trinajstić information content (AvgIpc) is 2.65. The molecule has 2 unspecified atom stereocenters. The lowest BCUT2D eigenvalue weighted by molar-refractivity contribution is -0.968. The van der Waals surface area contributed by atoms with Crippen LogP contribution in [0.5, 0.6) is 0 Å². The van der Waals surface area contributed by atoms with Gasteiger partial charge in [-0.1, -0.05) is 26.7 Å². The minimum atomic E-state index is 0.0775. The molecule has 3 nitrogen and oxygen atoms in total. The molecule has 0 spiro atoms. The van der Waals surface area contributed by atoms with Crippen LogP contribution < -0.4 is 0 Å². The van der Waals surface area contributed by atoms with E-state index in [0.717, 1.165) is 38.5 Å². The lowest BCUT2D eigenvalue weighted by Crippen LogP contribution is -2.62. The van der Waals surface area contributed by atoms with Gasteiger partial charge < -0.3 is 9.22 Å². The van der Waals surface area contributed by atoms with Gasteiger partial charge in [0.05, 0.1) is 31.1 Å². The van der Waals surface area contributed by atoms with Gasteiger partial charge in [0.1, 0.15) is 6.10 Å². The first-order valence-corrected chi connectivity index (χ1v) is 9.49. The number of carbonyl (C=O) groups excluding carboxylic acids is 1. The van der Waals surface area contributed by atoms with E-state index in [0.29, 0.717) is 18.1 Å². The van der Waals surface area contributed by atoms with Gasteiger partial charge in [0.15, 0.2) is 0 Å². The van der Waals surface area contributed by atoms with Crippen molar-refractivity contribution in [3.05, 3.63) is 0 Å². The highest BCUT2D eigenvalue weighted by molar-refractivity contribution is 5.72. The molecule has 2 atom stereocenters. The molecule has 0 amide bonds. The smallest absolute Gasteiger partial charge is 0.309 e. The van der Waals surface area contributed by atoms with Gasteiger partial charge in [-0.2, -0.15) is 0 Å². The van der Waals surface area contributed by atoms with Crippen molar-refractivity contribution in [2.75, 3.05) is 7.05 Å². The van der Waals surface area contributed by atoms with Crippen molar-refractivity contribution < 1.29 is 14.0 Å². The van der Waals surface area contributed by atoms with Gasteiger partial charge >= 0.3 is 5.97 Å². The number of hydrogen-bond donors (Lipinski definition) is 0. The van der Waals surface area contributed by atoms with Crippen LogP contribution in [0.25, 0.3) is 0 Å². The van der Waals surface area contributed by atoms with E-state index in [4.69, 9.17) is 4.74 Å². The van der Waals surface area contributed by atoms with Crippen LogP contribution >= 0.6 is 0 Å². The number of hydrogen-bond acceptors (Lipinski definition) is 2. The Morgan fingerprint density at radius 1 is 1.09 bits per heavy atom. The summed E-state index contributed by atoms with van der Waals surface area (Å²) in [6, 6.07) is 2.04. The van der Waals surface area contributed by atoms with E-state index in [1.165, 1.54) is 17.3 Å². The Hall–Kier alpha value is -0.570. The van der Waals surface area contributed by atoms with Crippen molar-refractivity contribution >= 4 is 5.97 Å². The normalized spacial score (nSPS) is 34.4. The lowest BCUT2D eigenvalue weighted by atomic mass is 9.94. The van der Waals surface area contributed by atoms with Crippen molar-refractivity contribution in [3.8, 4) is 0 Å². The Bertz CT molecular complexity index is 360. The fourth-order valence-corrected chi connectivity index (χ4v) is 4.91. The van der Waals surface area contributed by atoms with Crippen LogP contribution in [0.2, 0.25) is 0 Å². The average molecular weight is 311 g/mol. The fourth-order valence-electron chi connectivity index (χ4n) is 4.91. The number of nitrogens with zero attached hydrogens (tertiary/aromatic N) is 1. The van der Waals surface area contributed by atoms with E-state index < -0.39 is 0 Å². The predicted octanol–water partition coefficient (Wildman–Crippen LogP) is 4.29. The van der Waals surface area contributed by atoms with E-state index in [2.05, 4.69) is 34.7 Å². The third-order valence-electron chi connectivity index (χ3n) is 6.48. The van der Waals surface area contributed by atoms with Crippen LogP contribution in [0.3, 0.4) is 0 Å². The number of piperidine rings is 1. The molecule has 3 heteroatoms. The second-order valence-electron chi connectivity index (χ2n) is 8.01. The van der Waals surface area contributed by atoms with Gasteiger partial charge in [0.25, 0.3) is 0 Å². The quantitative estimate of drug-likeness (QED) is 0.518. The van der Waals surface area contributed by atoms with E-state index >= 15 is 0 Å². The third kappa shape index (κ3) is 3.34. The van der Waals surface area contributed by atoms with Gasteiger partial charge in [-0.05, 0) is 26.7 Å². The Balaban J connectivity index is 1.95. The summed E-state index contributed by atoms with van der Waals surface area (Å²) < 4.78 is 7.16. The lowest BCUT2D eigenvalue weighted by Gasteiger charge is -2.49. The van der Waals surface area contributed by atoms with Crippen molar-refractivity contribution in [1.29, 1.82) is 0 Å². The molecule has 0 saturated carbocycles. The summed E-state index contributed by atoms with van der Waals surface area (Å²) in [5.41, 5.74) is 0. The highest BCUT2D eigenvalue weighted by Gasteiger charge is 2.53. The molecule has 0 N–H and O–H groups in total. The summed E-state index contributed by atoms with van der Waals surface area (Å²) in [7, 11) is 2.42. The number of carbonyl (C=O) groups is 1. The SMILES string of the molecule is CCCC(CCC)C(=O)OC1CC2CCC(C1)[N+]2(C)C(C)C. The summed E-state index contributed by atoms with van der Waals surface area (Å²) >= 11 is 0. The van der Waals surface area contributed by atoms with E-state index in [9.17, 15) is 4.79 Å². The molecule has 128 valence electrons. The molecule has 2 fully saturated rings. The van der Waals surface area contributed by atoms with Crippen molar-refractivity contribution in [2.24, 2.45) is 5.92 Å². The largest absolute Gasteiger partial charge is 0.462 e. The zero-order chi connectivity index (χ0) is 16.3. The first kappa shape index (κ1) is 17.8. The minimum absolute atomic E-state index is 0.0775. The molecular formula is C19H36NO2+. The highest BCUT2D eigenvalue weighted by atomic mass is 16.5. The van der Waals surface area contributed by atoms with E-state index in [-0.39, 0.29) is 18.0 Å². The van der Waals surface area contributed by atoms with Gasteiger partial charge in [0.2, 0.25) is 0 Å². The molecule has 0 radical (unpaired) electrons. The van der Waals surface area contributed by atoms with Crippen LogP contribution in [0, 0.1) is 5.92 Å². The fraction of sp³-hybridized carbons (Fsp3) is 0.947. The highest BCUT2D eigenvalue weighted by Crippen LogP contribution is 2.44. The summed E-state index contributed by atoms with van der Waals surface area (Å²) in [5.74, 6) is 0.203. The molecule has 0 aliphatic carbocycles. The first-order chi connectivity index (χ1) is 10.4. The van der Waals surface area contributed by atoms with Gasteiger partial charge in [0, 0.05) is 25.7 Å². The van der Waals surface area contributed by atoms with Gasteiger partial charge in [-0.25, -0.2) is 0 Å². The van der Waals surface area contributed by atoms with E-state index in [1.807, 2.05) is 0 Å². The minimum Gasteiger partial charge on any atom is -0.462 e. The van der Waals surface area contributed by atoms with E-state index in [1.54, 1.807) is 0 Å². The van der Waals surface area contributed by atoms with Crippen LogP contribution in [0.4, 0.5) is 0 Å². The Morgan fingerprint density at radius 2 is 1.59 bits per heavy atom. The maximum Gasteiger partial charge on any atom is 0.309 e. The van der Waals surface area contributed by atoms with Crippen LogP contribution in [-0.2, 0) is 9.53 Å². The molecule has 2 aliphatic rings. The topological polar surface area (TPSA) is 26.3 Å². The summed E-state index contributed by atoms with van der Waals surface area (Å²) in [6.07, 6.45) is 9.02. The maximum absolute atomic E-state index is 12.5. The Labute approximate surface area is 137 Å². The molecule has 0 aromatic heterocycles. The van der Waals surface area contributed by atoms with Crippen LogP contribution in [-0.4, -0.2) is 41.7 Å². The molecule has 2 aliphatic heterocycles. The molecule has 22 heavy (non-hydrogen) atoms. The zero-order valence-corrected chi connectivity index (χ0v) is 15.3. The number of rotatable bonds is 7. The molecule has 2 rings (SSSR count). The zero-order valence-electron chi connectivity index (χ0n) is 15.3. The molecule has 2 heterocycles. The first-order valence-electron chi connectivity index (χ1n) is 9.49. The number of fused-ring (bicyclic) bond motifs is 2. The third-order valence-corrected chi connectivity index (χ3v) is 6.48. The molecule has 0 aromatic carbocycles. The second-order valence-corrected chi connectivity index (χ2v) is 8.01. The predicted molar refractivity (Wildman–Crippen MR) is 90.6 cm³/mol. The number of ether oxygens (including phenoxy) is 1. The van der Waals surface area contributed by atoms with Gasteiger partial charge in [-0.3, -0.25) is 4.79 Å². The molecule has 0 aromatic rings. The standard InChI is InChI=1S/C19H36NO2/c1-6-8-15(9-7-2)19(21)22-18-12-16-10-11-17(13-18)20(16,5)14(3)4/h14-18H,6-13H2,1-5H3/q+1. The van der Waals surface area contributed by atoms with Crippen molar-refractivity contribution in [2.45, 2.75) is 103 Å². The molecule has 2 bridgehead atoms. The molecule has 2 saturated heterocycles. The summed E-state index contributed by atoms with van der Waals surface area (Å²) in [6.45, 7) is 9.00. The van der Waals surface area contributed by atoms with Crippen LogP contribution in [0.1, 0.15) is 79.1 Å². The monoisotopic (exact) mass is 310 g/mol.